The van der Waals surface area contributed by atoms with Gasteiger partial charge in [-0.2, -0.15) is 0 Å². The molecule has 0 unspecified atom stereocenters. The highest BCUT2D eigenvalue weighted by molar-refractivity contribution is 6.01. The van der Waals surface area contributed by atoms with Crippen LogP contribution >= 0.6 is 0 Å². The maximum absolute atomic E-state index is 11.6. The predicted octanol–water partition coefficient (Wildman–Crippen LogP) is 3.82. The van der Waals surface area contributed by atoms with Gasteiger partial charge in [0.15, 0.2) is 5.78 Å². The minimum atomic E-state index is 0.139. The lowest BCUT2D eigenvalue weighted by Gasteiger charge is -2.42. The van der Waals surface area contributed by atoms with Gasteiger partial charge in [0.2, 0.25) is 0 Å². The summed E-state index contributed by atoms with van der Waals surface area (Å²) in [4.78, 5) is 11.6. The average Bonchev–Trinajstić information content (AvgIpc) is 2.19. The van der Waals surface area contributed by atoms with E-state index in [9.17, 15) is 4.79 Å². The molecule has 0 aliphatic heterocycles. The Morgan fingerprint density at radius 2 is 2.19 bits per heavy atom. The van der Waals surface area contributed by atoms with Crippen molar-refractivity contribution in [1.29, 1.82) is 0 Å². The van der Waals surface area contributed by atoms with Gasteiger partial charge in [0.05, 0.1) is 0 Å². The van der Waals surface area contributed by atoms with Crippen LogP contribution in [0.3, 0.4) is 0 Å². The van der Waals surface area contributed by atoms with E-state index in [-0.39, 0.29) is 11.2 Å². The fourth-order valence-electron chi connectivity index (χ4n) is 2.89. The summed E-state index contributed by atoms with van der Waals surface area (Å²) in [5, 5.41) is 0. The molecule has 0 aromatic rings. The molecule has 86 valence electrons. The molecule has 0 N–H and O–H groups in total. The minimum absolute atomic E-state index is 0.139. The first-order valence-corrected chi connectivity index (χ1v) is 6.02. The van der Waals surface area contributed by atoms with Crippen molar-refractivity contribution in [3.63, 3.8) is 0 Å². The first-order chi connectivity index (χ1) is 7.43. The van der Waals surface area contributed by atoms with E-state index in [0.29, 0.717) is 5.92 Å². The van der Waals surface area contributed by atoms with Gasteiger partial charge < -0.3 is 0 Å². The van der Waals surface area contributed by atoms with E-state index < -0.39 is 0 Å². The van der Waals surface area contributed by atoms with Crippen LogP contribution in [0.1, 0.15) is 40.0 Å². The van der Waals surface area contributed by atoms with Gasteiger partial charge in [0.25, 0.3) is 0 Å². The fourth-order valence-corrected chi connectivity index (χ4v) is 2.89. The lowest BCUT2D eigenvalue weighted by molar-refractivity contribution is -0.110. The molecule has 2 atom stereocenters. The quantitative estimate of drug-likeness (QED) is 0.609. The summed E-state index contributed by atoms with van der Waals surface area (Å²) in [6, 6.07) is 0. The number of allylic oxidation sites excluding steroid dienone is 5. The van der Waals surface area contributed by atoms with Gasteiger partial charge >= 0.3 is 0 Å². The highest BCUT2D eigenvalue weighted by Crippen LogP contribution is 2.50. The number of hydrogen-bond acceptors (Lipinski definition) is 1. The number of hydrogen-bond donors (Lipinski definition) is 0. The van der Waals surface area contributed by atoms with Crippen molar-refractivity contribution in [3.8, 4) is 0 Å². The Bertz CT molecular complexity index is 411. The Kier molecular flexibility index (Phi) is 2.65. The Morgan fingerprint density at radius 1 is 1.50 bits per heavy atom. The molecular weight excluding hydrogens is 196 g/mol. The highest BCUT2D eigenvalue weighted by Gasteiger charge is 2.38. The second-order valence-electron chi connectivity index (χ2n) is 5.52. The number of rotatable bonds is 1. The maximum atomic E-state index is 11.6. The van der Waals surface area contributed by atoms with E-state index in [1.54, 1.807) is 6.08 Å². The second kappa shape index (κ2) is 3.73. The van der Waals surface area contributed by atoms with Crippen LogP contribution in [-0.2, 0) is 4.79 Å². The molecule has 2 rings (SSSR count). The molecule has 0 aromatic heterocycles. The molecule has 1 saturated carbocycles. The second-order valence-corrected chi connectivity index (χ2v) is 5.52. The average molecular weight is 216 g/mol. The van der Waals surface area contributed by atoms with Gasteiger partial charge in [-0.1, -0.05) is 30.2 Å². The fraction of sp³-hybridized carbons (Fsp3) is 0.533. The number of ketones is 1. The summed E-state index contributed by atoms with van der Waals surface area (Å²) in [5.74, 6) is 0.727. The van der Waals surface area contributed by atoms with Crippen LogP contribution in [0, 0.1) is 11.3 Å². The highest BCUT2D eigenvalue weighted by atomic mass is 16.1. The van der Waals surface area contributed by atoms with Crippen LogP contribution < -0.4 is 0 Å². The Labute approximate surface area is 97.9 Å². The molecule has 0 heterocycles. The van der Waals surface area contributed by atoms with E-state index in [1.165, 1.54) is 23.1 Å². The smallest absolute Gasteiger partial charge is 0.178 e. The third kappa shape index (κ3) is 1.68. The van der Waals surface area contributed by atoms with Crippen LogP contribution in [0.2, 0.25) is 0 Å². The summed E-state index contributed by atoms with van der Waals surface area (Å²) < 4.78 is 0. The lowest BCUT2D eigenvalue weighted by atomic mass is 9.62. The SMILES string of the molecule is C=C(C)[C@@H]1CC[C@@]2(C)C(C)=CC(=O)C=C2C1. The molecule has 2 aliphatic carbocycles. The van der Waals surface area contributed by atoms with E-state index in [0.717, 1.165) is 12.8 Å². The first-order valence-electron chi connectivity index (χ1n) is 6.02. The van der Waals surface area contributed by atoms with Crippen molar-refractivity contribution < 1.29 is 4.79 Å². The Morgan fingerprint density at radius 3 is 2.81 bits per heavy atom. The monoisotopic (exact) mass is 216 g/mol. The topological polar surface area (TPSA) is 17.1 Å². The summed E-state index contributed by atoms with van der Waals surface area (Å²) in [7, 11) is 0. The summed E-state index contributed by atoms with van der Waals surface area (Å²) >= 11 is 0. The molecule has 2 aliphatic rings. The number of carbonyl (C=O) groups excluding carboxylic acids is 1. The van der Waals surface area contributed by atoms with E-state index in [1.807, 2.05) is 6.08 Å². The van der Waals surface area contributed by atoms with Crippen molar-refractivity contribution in [3.05, 3.63) is 35.5 Å². The first kappa shape index (κ1) is 11.4. The van der Waals surface area contributed by atoms with Crippen LogP contribution in [0.25, 0.3) is 0 Å². The van der Waals surface area contributed by atoms with E-state index >= 15 is 0 Å². The van der Waals surface area contributed by atoms with Crippen molar-refractivity contribution in [2.45, 2.75) is 40.0 Å². The molecule has 0 spiro atoms. The summed E-state index contributed by atoms with van der Waals surface area (Å²) in [6.07, 6.45) is 7.00. The molecule has 0 bridgehead atoms. The molecule has 1 nitrogen and oxygen atoms in total. The van der Waals surface area contributed by atoms with Gasteiger partial charge in [-0.25, -0.2) is 0 Å². The zero-order valence-electron chi connectivity index (χ0n) is 10.5. The zero-order valence-corrected chi connectivity index (χ0v) is 10.5. The van der Waals surface area contributed by atoms with Gasteiger partial charge in [-0.3, -0.25) is 4.79 Å². The summed E-state index contributed by atoms with van der Waals surface area (Å²) in [6.45, 7) is 10.5. The van der Waals surface area contributed by atoms with Crippen LogP contribution in [0.4, 0.5) is 0 Å². The predicted molar refractivity (Wildman–Crippen MR) is 67.1 cm³/mol. The lowest BCUT2D eigenvalue weighted by Crippen LogP contribution is -2.31. The molecule has 0 amide bonds. The Hall–Kier alpha value is -1.11. The van der Waals surface area contributed by atoms with Gasteiger partial charge in [-0.15, -0.1) is 0 Å². The van der Waals surface area contributed by atoms with Gasteiger partial charge in [0.1, 0.15) is 0 Å². The standard InChI is InChI=1S/C15H20O/c1-10(2)12-5-6-15(4)11(3)7-14(16)9-13(15)8-12/h7,9,12H,1,5-6,8H2,2-4H3/t12-,15+/m1/s1. The van der Waals surface area contributed by atoms with Crippen molar-refractivity contribution in [2.75, 3.05) is 0 Å². The van der Waals surface area contributed by atoms with Crippen LogP contribution in [-0.4, -0.2) is 5.78 Å². The number of carbonyl (C=O) groups is 1. The van der Waals surface area contributed by atoms with E-state index in [4.69, 9.17) is 0 Å². The zero-order chi connectivity index (χ0) is 11.9. The molecule has 1 heteroatoms. The van der Waals surface area contributed by atoms with Crippen LogP contribution in [0.5, 0.6) is 0 Å². The molecule has 0 saturated heterocycles. The van der Waals surface area contributed by atoms with E-state index in [2.05, 4.69) is 27.4 Å². The van der Waals surface area contributed by atoms with Gasteiger partial charge in [0, 0.05) is 5.41 Å². The van der Waals surface area contributed by atoms with Crippen molar-refractivity contribution in [1.82, 2.24) is 0 Å². The van der Waals surface area contributed by atoms with Crippen molar-refractivity contribution >= 4 is 5.78 Å². The normalized spacial score (nSPS) is 33.9. The molecule has 0 aromatic carbocycles. The molecule has 0 radical (unpaired) electrons. The van der Waals surface area contributed by atoms with Gasteiger partial charge in [-0.05, 0) is 51.2 Å². The number of fused-ring (bicyclic) bond motifs is 1. The molecule has 16 heavy (non-hydrogen) atoms. The minimum Gasteiger partial charge on any atom is -0.290 e. The maximum Gasteiger partial charge on any atom is 0.178 e. The largest absolute Gasteiger partial charge is 0.290 e. The third-order valence-corrected chi connectivity index (χ3v) is 4.41. The Balaban J connectivity index is 2.32. The molecular formula is C15H20O. The third-order valence-electron chi connectivity index (χ3n) is 4.41. The summed E-state index contributed by atoms with van der Waals surface area (Å²) in [5.41, 5.74) is 3.94. The van der Waals surface area contributed by atoms with Crippen LogP contribution in [0.15, 0.2) is 35.5 Å². The van der Waals surface area contributed by atoms with Crippen molar-refractivity contribution in [2.24, 2.45) is 11.3 Å². The molecule has 1 fully saturated rings.